The molecule has 3 N–H and O–H groups in total. The summed E-state index contributed by atoms with van der Waals surface area (Å²) in [5.41, 5.74) is -0.260. The molecule has 6 heteroatoms. The van der Waals surface area contributed by atoms with Gasteiger partial charge in [0.05, 0.1) is 23.7 Å². The number of aliphatic hydroxyl groups is 2. The first-order valence-corrected chi connectivity index (χ1v) is 12.5. The Balaban J connectivity index is 1.74. The summed E-state index contributed by atoms with van der Waals surface area (Å²) < 4.78 is 5.70. The van der Waals surface area contributed by atoms with E-state index in [1.165, 1.54) is 5.57 Å². The van der Waals surface area contributed by atoms with Gasteiger partial charge in [0, 0.05) is 6.42 Å². The summed E-state index contributed by atoms with van der Waals surface area (Å²) in [6, 6.07) is 0. The van der Waals surface area contributed by atoms with Crippen molar-refractivity contribution in [1.82, 2.24) is 0 Å². The molecule has 0 aliphatic heterocycles. The van der Waals surface area contributed by atoms with Crippen LogP contribution in [-0.4, -0.2) is 45.1 Å². The molecule has 32 heavy (non-hydrogen) atoms. The van der Waals surface area contributed by atoms with E-state index in [1.54, 1.807) is 0 Å². The van der Waals surface area contributed by atoms with Gasteiger partial charge in [-0.15, -0.1) is 0 Å². The van der Waals surface area contributed by atoms with E-state index in [4.69, 9.17) is 4.74 Å². The van der Waals surface area contributed by atoms with E-state index in [9.17, 15) is 24.9 Å². The molecule has 0 radical (unpaired) electrons. The van der Waals surface area contributed by atoms with Crippen molar-refractivity contribution in [2.45, 2.75) is 103 Å². The minimum atomic E-state index is -1.01. The molecule has 3 fully saturated rings. The van der Waals surface area contributed by atoms with Gasteiger partial charge in [-0.05, 0) is 93.8 Å². The van der Waals surface area contributed by atoms with Crippen molar-refractivity contribution in [3.05, 3.63) is 11.6 Å². The van der Waals surface area contributed by atoms with Crippen LogP contribution in [0.5, 0.6) is 0 Å². The van der Waals surface area contributed by atoms with E-state index in [1.807, 2.05) is 13.8 Å². The molecule has 0 bridgehead atoms. The van der Waals surface area contributed by atoms with Crippen molar-refractivity contribution in [2.24, 2.45) is 34.5 Å². The Bertz CT molecular complexity index is 804. The summed E-state index contributed by atoms with van der Waals surface area (Å²) in [6.45, 7) is 8.16. The van der Waals surface area contributed by atoms with Crippen LogP contribution in [0.3, 0.4) is 0 Å². The molecule has 3 saturated carbocycles. The topological polar surface area (TPSA) is 104 Å². The lowest BCUT2D eigenvalue weighted by molar-refractivity contribution is -0.167. The highest BCUT2D eigenvalue weighted by Gasteiger charge is 2.65. The number of aliphatic carboxylic acids is 1. The maximum Gasteiger partial charge on any atom is 0.313 e. The third kappa shape index (κ3) is 3.62. The van der Waals surface area contributed by atoms with Gasteiger partial charge in [-0.2, -0.15) is 0 Å². The molecule has 4 rings (SSSR count). The lowest BCUT2D eigenvalue weighted by Crippen LogP contribution is -2.57. The van der Waals surface area contributed by atoms with Gasteiger partial charge >= 0.3 is 11.9 Å². The molecule has 8 atom stereocenters. The molecule has 0 aromatic carbocycles. The average molecular weight is 449 g/mol. The summed E-state index contributed by atoms with van der Waals surface area (Å²) in [5.74, 6) is -0.929. The number of carboxylic acid groups (broad SMARTS) is 1. The molecular formula is C26H40O6. The monoisotopic (exact) mass is 448 g/mol. The maximum absolute atomic E-state index is 13.3. The Hall–Kier alpha value is -1.40. The Morgan fingerprint density at radius 2 is 1.81 bits per heavy atom. The number of hydrogen-bond donors (Lipinski definition) is 3. The zero-order chi connectivity index (χ0) is 23.5. The first-order chi connectivity index (χ1) is 14.9. The normalized spacial score (nSPS) is 45.5. The van der Waals surface area contributed by atoms with Gasteiger partial charge in [-0.25, -0.2) is 0 Å². The second kappa shape index (κ2) is 8.12. The van der Waals surface area contributed by atoms with Crippen LogP contribution in [0.1, 0.15) is 85.5 Å². The van der Waals surface area contributed by atoms with Gasteiger partial charge in [-0.1, -0.05) is 25.5 Å². The number of carbonyl (C=O) groups is 2. The molecular weight excluding hydrogens is 408 g/mol. The predicted octanol–water partition coefficient (Wildman–Crippen LogP) is 4.08. The molecule has 0 aromatic rings. The number of carboxylic acids is 1. The number of carbonyl (C=O) groups excluding carboxylic acids is 1. The molecule has 6 nitrogen and oxygen atoms in total. The van der Waals surface area contributed by atoms with Gasteiger partial charge < -0.3 is 20.1 Å². The number of fused-ring (bicyclic) bond motifs is 5. The fourth-order valence-electron chi connectivity index (χ4n) is 8.04. The summed E-state index contributed by atoms with van der Waals surface area (Å²) in [4.78, 5) is 24.6. The zero-order valence-corrected chi connectivity index (χ0v) is 20.0. The van der Waals surface area contributed by atoms with E-state index in [0.717, 1.165) is 32.1 Å². The third-order valence-electron chi connectivity index (χ3n) is 9.83. The first kappa shape index (κ1) is 23.7. The zero-order valence-electron chi connectivity index (χ0n) is 20.0. The van der Waals surface area contributed by atoms with E-state index in [-0.39, 0.29) is 54.2 Å². The van der Waals surface area contributed by atoms with E-state index < -0.39 is 17.0 Å². The molecule has 4 aliphatic rings. The molecule has 180 valence electrons. The highest BCUT2D eigenvalue weighted by Crippen LogP contribution is 2.68. The minimum Gasteiger partial charge on any atom is -0.481 e. The van der Waals surface area contributed by atoms with Crippen molar-refractivity contribution in [2.75, 3.05) is 0 Å². The molecule has 0 spiro atoms. The lowest BCUT2D eigenvalue weighted by atomic mass is 9.45. The molecule has 4 aliphatic carbocycles. The second-order valence-electron chi connectivity index (χ2n) is 11.7. The standard InChI is InChI=1S/C26H40O6/c1-15(2)32-23(30)18-14-16-13-17(27)5-9-24(16,3)19-6-10-25(4)20(22(18)19)7-11-26(25,31)12-8-21(28)29/h14-15,17-20,22,27,31H,5-13H2,1-4H3,(H,28,29)/t17-,18+,19-,20-,22+,24-,25-,26+/m0/s1. The fraction of sp³-hybridized carbons (Fsp3) is 0.846. The van der Waals surface area contributed by atoms with Gasteiger partial charge in [0.25, 0.3) is 0 Å². The van der Waals surface area contributed by atoms with Crippen LogP contribution in [0.25, 0.3) is 0 Å². The van der Waals surface area contributed by atoms with Crippen LogP contribution in [-0.2, 0) is 14.3 Å². The minimum absolute atomic E-state index is 0.0363. The number of ether oxygens (including phenoxy) is 1. The number of aliphatic hydroxyl groups excluding tert-OH is 1. The van der Waals surface area contributed by atoms with Gasteiger partial charge in [0.2, 0.25) is 0 Å². The van der Waals surface area contributed by atoms with Crippen LogP contribution in [0.4, 0.5) is 0 Å². The smallest absolute Gasteiger partial charge is 0.313 e. The maximum atomic E-state index is 13.3. The van der Waals surface area contributed by atoms with Crippen LogP contribution in [0.15, 0.2) is 11.6 Å². The molecule has 0 aromatic heterocycles. The molecule has 0 heterocycles. The van der Waals surface area contributed by atoms with Crippen molar-refractivity contribution in [3.8, 4) is 0 Å². The first-order valence-electron chi connectivity index (χ1n) is 12.5. The van der Waals surface area contributed by atoms with Gasteiger partial charge in [-0.3, -0.25) is 9.59 Å². The number of rotatable bonds is 5. The van der Waals surface area contributed by atoms with Crippen LogP contribution < -0.4 is 0 Å². The lowest BCUT2D eigenvalue weighted by Gasteiger charge is -2.60. The Morgan fingerprint density at radius 3 is 2.47 bits per heavy atom. The number of hydrogen-bond acceptors (Lipinski definition) is 5. The van der Waals surface area contributed by atoms with Crippen molar-refractivity contribution in [1.29, 1.82) is 0 Å². The summed E-state index contributed by atoms with van der Waals surface area (Å²) in [7, 11) is 0. The Morgan fingerprint density at radius 1 is 1.12 bits per heavy atom. The highest BCUT2D eigenvalue weighted by atomic mass is 16.5. The Kier molecular flexibility index (Phi) is 6.03. The van der Waals surface area contributed by atoms with E-state index >= 15 is 0 Å². The molecule has 0 saturated heterocycles. The van der Waals surface area contributed by atoms with E-state index in [2.05, 4.69) is 19.9 Å². The van der Waals surface area contributed by atoms with Gasteiger partial charge in [0.1, 0.15) is 0 Å². The van der Waals surface area contributed by atoms with Crippen LogP contribution in [0, 0.1) is 34.5 Å². The Labute approximate surface area is 191 Å². The predicted molar refractivity (Wildman–Crippen MR) is 120 cm³/mol. The summed E-state index contributed by atoms with van der Waals surface area (Å²) in [5, 5.41) is 31.3. The quantitative estimate of drug-likeness (QED) is 0.432. The van der Waals surface area contributed by atoms with Crippen LogP contribution >= 0.6 is 0 Å². The fourth-order valence-corrected chi connectivity index (χ4v) is 8.04. The second-order valence-corrected chi connectivity index (χ2v) is 11.7. The highest BCUT2D eigenvalue weighted by molar-refractivity contribution is 5.76. The van der Waals surface area contributed by atoms with Gasteiger partial charge in [0.15, 0.2) is 0 Å². The van der Waals surface area contributed by atoms with Crippen molar-refractivity contribution in [3.63, 3.8) is 0 Å². The third-order valence-corrected chi connectivity index (χ3v) is 9.83. The SMILES string of the molecule is CC(C)OC(=O)[C@@H]1C=C2C[C@@H](O)CC[C@]2(C)[C@H]2CC[C@@]3(C)[C@@H](CC[C@@]3(O)CCC(=O)O)[C@H]12. The summed E-state index contributed by atoms with van der Waals surface area (Å²) >= 11 is 0. The summed E-state index contributed by atoms with van der Waals surface area (Å²) in [6.07, 6.45) is 7.24. The van der Waals surface area contributed by atoms with Crippen molar-refractivity contribution >= 4 is 11.9 Å². The van der Waals surface area contributed by atoms with Crippen LogP contribution in [0.2, 0.25) is 0 Å². The largest absolute Gasteiger partial charge is 0.481 e. The number of esters is 1. The van der Waals surface area contributed by atoms with E-state index in [0.29, 0.717) is 18.8 Å². The average Bonchev–Trinajstić information content (AvgIpc) is 2.97. The molecule has 0 unspecified atom stereocenters. The molecule has 0 amide bonds. The van der Waals surface area contributed by atoms with Crippen molar-refractivity contribution < 1.29 is 29.6 Å².